The number of hydrogen-bond acceptors (Lipinski definition) is 4. The van der Waals surface area contributed by atoms with Crippen LogP contribution in [-0.4, -0.2) is 26.6 Å². The summed E-state index contributed by atoms with van der Waals surface area (Å²) in [4.78, 5) is 35.6. The predicted octanol–water partition coefficient (Wildman–Crippen LogP) is 3.54. The molecule has 3 N–H and O–H groups in total. The zero-order valence-electron chi connectivity index (χ0n) is 15.2. The number of halogens is 2. The number of primary amides is 1. The van der Waals surface area contributed by atoms with E-state index in [0.29, 0.717) is 16.6 Å². The smallest absolute Gasteiger partial charge is 0.251 e. The van der Waals surface area contributed by atoms with Gasteiger partial charge in [0.1, 0.15) is 17.3 Å². The van der Waals surface area contributed by atoms with Crippen LogP contribution in [-0.2, 0) is 0 Å². The first-order valence-corrected chi connectivity index (χ1v) is 8.59. The summed E-state index contributed by atoms with van der Waals surface area (Å²) >= 11 is 0. The molecule has 0 aliphatic heterocycles. The van der Waals surface area contributed by atoms with Gasteiger partial charge in [-0.2, -0.15) is 0 Å². The van der Waals surface area contributed by atoms with Crippen LogP contribution in [0.25, 0.3) is 22.2 Å². The summed E-state index contributed by atoms with van der Waals surface area (Å²) in [7, 11) is 0. The van der Waals surface area contributed by atoms with E-state index in [1.807, 2.05) is 19.1 Å². The highest BCUT2D eigenvalue weighted by Gasteiger charge is 2.25. The lowest BCUT2D eigenvalue weighted by Gasteiger charge is -2.07. The van der Waals surface area contributed by atoms with Gasteiger partial charge >= 0.3 is 0 Å². The van der Waals surface area contributed by atoms with Crippen molar-refractivity contribution < 1.29 is 18.4 Å². The normalized spacial score (nSPS) is 11.0. The molecule has 0 aliphatic carbocycles. The van der Waals surface area contributed by atoms with Crippen molar-refractivity contribution in [2.75, 3.05) is 0 Å². The molecule has 29 heavy (non-hydrogen) atoms. The van der Waals surface area contributed by atoms with Crippen LogP contribution in [0.1, 0.15) is 32.0 Å². The molecule has 0 atom stereocenters. The summed E-state index contributed by atoms with van der Waals surface area (Å²) in [6.45, 7) is 1.86. The number of aromatic amines is 1. The van der Waals surface area contributed by atoms with Crippen molar-refractivity contribution in [2.45, 2.75) is 6.92 Å². The topological polar surface area (TPSA) is 102 Å². The molecule has 6 nitrogen and oxygen atoms in total. The molecule has 0 bridgehead atoms. The molecule has 0 fully saturated rings. The molecule has 8 heteroatoms. The predicted molar refractivity (Wildman–Crippen MR) is 102 cm³/mol. The highest BCUT2D eigenvalue weighted by molar-refractivity contribution is 6.17. The van der Waals surface area contributed by atoms with E-state index in [1.54, 1.807) is 18.5 Å². The van der Waals surface area contributed by atoms with Crippen LogP contribution >= 0.6 is 0 Å². The van der Waals surface area contributed by atoms with Crippen molar-refractivity contribution in [1.82, 2.24) is 15.0 Å². The minimum Gasteiger partial charge on any atom is -0.366 e. The number of carbonyl (C=O) groups excluding carboxylic acids is 2. The van der Waals surface area contributed by atoms with Gasteiger partial charge in [-0.05, 0) is 31.2 Å². The third-order valence-electron chi connectivity index (χ3n) is 4.60. The molecule has 3 heterocycles. The van der Waals surface area contributed by atoms with Crippen molar-refractivity contribution in [3.05, 3.63) is 82.9 Å². The number of fused-ring (bicyclic) bond motifs is 1. The van der Waals surface area contributed by atoms with E-state index < -0.39 is 34.5 Å². The number of ketones is 1. The number of pyridine rings is 2. The van der Waals surface area contributed by atoms with Crippen molar-refractivity contribution >= 4 is 22.7 Å². The molecule has 0 saturated carbocycles. The zero-order chi connectivity index (χ0) is 20.7. The van der Waals surface area contributed by atoms with Crippen LogP contribution in [0.3, 0.4) is 0 Å². The molecule has 0 unspecified atom stereocenters. The Morgan fingerprint density at radius 1 is 1.00 bits per heavy atom. The molecule has 0 radical (unpaired) electrons. The number of nitrogens with zero attached hydrogens (tertiary/aromatic N) is 2. The minimum absolute atomic E-state index is 0.0221. The number of H-pyrrole nitrogens is 1. The van der Waals surface area contributed by atoms with E-state index in [9.17, 15) is 18.4 Å². The molecular formula is C21H14F2N4O2. The van der Waals surface area contributed by atoms with Gasteiger partial charge in [-0.3, -0.25) is 14.6 Å². The molecular weight excluding hydrogens is 378 g/mol. The average Bonchev–Trinajstić information content (AvgIpc) is 3.11. The van der Waals surface area contributed by atoms with Gasteiger partial charge in [-0.25, -0.2) is 13.8 Å². The summed E-state index contributed by atoms with van der Waals surface area (Å²) in [6, 6.07) is 7.12. The van der Waals surface area contributed by atoms with Crippen molar-refractivity contribution in [1.29, 1.82) is 0 Å². The molecule has 0 spiro atoms. The lowest BCUT2D eigenvalue weighted by molar-refractivity contribution is 0.0996. The molecule has 1 aromatic carbocycles. The van der Waals surface area contributed by atoms with Gasteiger partial charge < -0.3 is 10.7 Å². The average molecular weight is 392 g/mol. The van der Waals surface area contributed by atoms with Gasteiger partial charge in [0.25, 0.3) is 5.91 Å². The fourth-order valence-corrected chi connectivity index (χ4v) is 3.07. The van der Waals surface area contributed by atoms with E-state index >= 15 is 0 Å². The molecule has 1 amide bonds. The third-order valence-corrected chi connectivity index (χ3v) is 4.60. The Morgan fingerprint density at radius 2 is 1.76 bits per heavy atom. The van der Waals surface area contributed by atoms with E-state index in [-0.39, 0.29) is 5.56 Å². The van der Waals surface area contributed by atoms with Gasteiger partial charge in [-0.1, -0.05) is 6.07 Å². The van der Waals surface area contributed by atoms with Crippen molar-refractivity contribution in [3.8, 4) is 11.1 Å². The Hall–Kier alpha value is -3.94. The third kappa shape index (κ3) is 3.14. The van der Waals surface area contributed by atoms with E-state index in [1.165, 1.54) is 6.20 Å². The maximum Gasteiger partial charge on any atom is 0.251 e. The highest BCUT2D eigenvalue weighted by Crippen LogP contribution is 2.28. The van der Waals surface area contributed by atoms with Crippen molar-refractivity contribution in [2.24, 2.45) is 5.73 Å². The van der Waals surface area contributed by atoms with Crippen LogP contribution in [0, 0.1) is 18.6 Å². The quantitative estimate of drug-likeness (QED) is 0.519. The lowest BCUT2D eigenvalue weighted by atomic mass is 9.98. The summed E-state index contributed by atoms with van der Waals surface area (Å²) in [5, 5.41) is 0.386. The van der Waals surface area contributed by atoms with Gasteiger partial charge in [0.2, 0.25) is 5.78 Å². The Bertz CT molecular complexity index is 1280. The van der Waals surface area contributed by atoms with Gasteiger partial charge in [0.05, 0.1) is 11.1 Å². The van der Waals surface area contributed by atoms with Crippen molar-refractivity contribution in [3.63, 3.8) is 0 Å². The maximum absolute atomic E-state index is 14.6. The fraction of sp³-hybridized carbons (Fsp3) is 0.0476. The largest absolute Gasteiger partial charge is 0.366 e. The number of aromatic nitrogens is 3. The summed E-state index contributed by atoms with van der Waals surface area (Å²) < 4.78 is 28.9. The van der Waals surface area contributed by atoms with E-state index in [0.717, 1.165) is 23.4 Å². The second kappa shape index (κ2) is 6.90. The molecule has 0 saturated heterocycles. The van der Waals surface area contributed by atoms with Gasteiger partial charge in [-0.15, -0.1) is 0 Å². The molecule has 4 aromatic rings. The number of rotatable bonds is 4. The second-order valence-corrected chi connectivity index (χ2v) is 6.49. The molecule has 0 aliphatic rings. The van der Waals surface area contributed by atoms with Gasteiger partial charge in [0, 0.05) is 46.4 Å². The molecule has 3 aromatic heterocycles. The van der Waals surface area contributed by atoms with Crippen LogP contribution in [0.15, 0.2) is 48.9 Å². The SMILES string of the molecule is Cc1ccc(-c2cnc3[nH]cc(C(=O)c4c(F)ccc(C(N)=O)c4F)c3c2)cn1. The monoisotopic (exact) mass is 392 g/mol. The number of hydrogen-bond donors (Lipinski definition) is 2. The Balaban J connectivity index is 1.86. The maximum atomic E-state index is 14.6. The standard InChI is InChI=1S/C21H14F2N4O2/c1-10-2-3-11(7-25-10)12-6-14-15(9-27-21(14)26-8-12)19(28)17-16(22)5-4-13(18(17)23)20(24)29/h2-9H,1H3,(H2,24,29)(H,26,27). The number of benzene rings is 1. The Morgan fingerprint density at radius 3 is 2.45 bits per heavy atom. The first kappa shape index (κ1) is 18.4. The zero-order valence-corrected chi connectivity index (χ0v) is 15.2. The highest BCUT2D eigenvalue weighted by atomic mass is 19.1. The summed E-state index contributed by atoms with van der Waals surface area (Å²) in [5.74, 6) is -4.39. The van der Waals surface area contributed by atoms with E-state index in [2.05, 4.69) is 15.0 Å². The number of carbonyl (C=O) groups is 2. The lowest BCUT2D eigenvalue weighted by Crippen LogP contribution is -2.17. The molecule has 144 valence electrons. The summed E-state index contributed by atoms with van der Waals surface area (Å²) in [6.07, 6.45) is 4.60. The first-order chi connectivity index (χ1) is 13.9. The summed E-state index contributed by atoms with van der Waals surface area (Å²) in [5.41, 5.74) is 6.41. The number of nitrogens with two attached hydrogens (primary N) is 1. The molecule has 4 rings (SSSR count). The fourth-order valence-electron chi connectivity index (χ4n) is 3.07. The van der Waals surface area contributed by atoms with Crippen LogP contribution in [0.2, 0.25) is 0 Å². The van der Waals surface area contributed by atoms with E-state index in [4.69, 9.17) is 5.73 Å². The number of amides is 1. The Labute approximate surface area is 163 Å². The first-order valence-electron chi connectivity index (χ1n) is 8.59. The van der Waals surface area contributed by atoms with Crippen LogP contribution < -0.4 is 5.73 Å². The minimum atomic E-state index is -1.29. The van der Waals surface area contributed by atoms with Crippen LogP contribution in [0.5, 0.6) is 0 Å². The van der Waals surface area contributed by atoms with Crippen LogP contribution in [0.4, 0.5) is 8.78 Å². The van der Waals surface area contributed by atoms with Gasteiger partial charge in [0.15, 0.2) is 0 Å². The number of nitrogens with one attached hydrogen (secondary N) is 1. The number of aryl methyl sites for hydroxylation is 1. The Kier molecular flexibility index (Phi) is 4.38. The second-order valence-electron chi connectivity index (χ2n) is 6.49.